The Morgan fingerprint density at radius 1 is 1.28 bits per heavy atom. The average Bonchev–Trinajstić information content (AvgIpc) is 2.90. The summed E-state index contributed by atoms with van der Waals surface area (Å²) in [7, 11) is 0. The number of amides is 1. The molecule has 94 valence electrons. The summed E-state index contributed by atoms with van der Waals surface area (Å²) in [6.07, 6.45) is 1.57. The molecular weight excluding hydrogens is 228 g/mol. The van der Waals surface area contributed by atoms with Gasteiger partial charge in [-0.2, -0.15) is 0 Å². The van der Waals surface area contributed by atoms with Crippen LogP contribution in [0.2, 0.25) is 0 Å². The zero-order chi connectivity index (χ0) is 13.0. The molecule has 0 radical (unpaired) electrons. The summed E-state index contributed by atoms with van der Waals surface area (Å²) in [5.74, 6) is 0.470. The van der Waals surface area contributed by atoms with Crippen LogP contribution in [-0.4, -0.2) is 5.91 Å². The largest absolute Gasteiger partial charge is 0.467 e. The highest BCUT2D eigenvalue weighted by Crippen LogP contribution is 2.17. The molecule has 1 unspecified atom stereocenters. The summed E-state index contributed by atoms with van der Waals surface area (Å²) < 4.78 is 5.15. The van der Waals surface area contributed by atoms with Crippen LogP contribution in [0.15, 0.2) is 53.1 Å². The van der Waals surface area contributed by atoms with Crippen molar-refractivity contribution in [3.8, 4) is 0 Å². The molecule has 1 atom stereocenters. The van der Waals surface area contributed by atoms with Crippen molar-refractivity contribution < 1.29 is 9.21 Å². The van der Waals surface area contributed by atoms with Gasteiger partial charge in [0.1, 0.15) is 11.3 Å². The predicted octanol–water partition coefficient (Wildman–Crippen LogP) is 1.77. The van der Waals surface area contributed by atoms with E-state index in [9.17, 15) is 4.79 Å². The molecule has 0 fully saturated rings. The van der Waals surface area contributed by atoms with E-state index < -0.39 is 5.54 Å². The second-order valence-electron chi connectivity index (χ2n) is 4.33. The zero-order valence-corrected chi connectivity index (χ0v) is 10.2. The van der Waals surface area contributed by atoms with Gasteiger partial charge in [-0.25, -0.2) is 0 Å². The third-order valence-corrected chi connectivity index (χ3v) is 2.85. The predicted molar refractivity (Wildman–Crippen MR) is 68.5 cm³/mol. The molecule has 0 saturated heterocycles. The Balaban J connectivity index is 2.04. The second-order valence-corrected chi connectivity index (χ2v) is 4.33. The van der Waals surface area contributed by atoms with Crippen LogP contribution in [0.1, 0.15) is 18.2 Å². The number of hydrogen-bond donors (Lipinski definition) is 2. The number of hydrogen-bond acceptors (Lipinski definition) is 3. The summed E-state index contributed by atoms with van der Waals surface area (Å²) in [5, 5.41) is 2.77. The molecule has 1 heterocycles. The van der Waals surface area contributed by atoms with Crippen LogP contribution in [0, 0.1) is 0 Å². The van der Waals surface area contributed by atoms with E-state index in [0.29, 0.717) is 12.3 Å². The lowest BCUT2D eigenvalue weighted by molar-refractivity contribution is -0.126. The van der Waals surface area contributed by atoms with Gasteiger partial charge >= 0.3 is 0 Å². The van der Waals surface area contributed by atoms with Gasteiger partial charge in [-0.1, -0.05) is 30.3 Å². The lowest BCUT2D eigenvalue weighted by Gasteiger charge is -2.23. The van der Waals surface area contributed by atoms with Crippen LogP contribution >= 0.6 is 0 Å². The molecule has 0 bridgehead atoms. The highest BCUT2D eigenvalue weighted by Gasteiger charge is 2.30. The van der Waals surface area contributed by atoms with Crippen LogP contribution in [0.4, 0.5) is 0 Å². The van der Waals surface area contributed by atoms with Crippen LogP contribution in [-0.2, 0) is 16.9 Å². The molecule has 1 aromatic heterocycles. The van der Waals surface area contributed by atoms with Gasteiger partial charge in [-0.05, 0) is 24.6 Å². The fourth-order valence-corrected chi connectivity index (χ4v) is 1.68. The van der Waals surface area contributed by atoms with Gasteiger partial charge in [-0.3, -0.25) is 4.79 Å². The van der Waals surface area contributed by atoms with E-state index in [4.69, 9.17) is 10.2 Å². The molecule has 1 amide bonds. The molecule has 4 nitrogen and oxygen atoms in total. The molecule has 0 aliphatic heterocycles. The Labute approximate surface area is 106 Å². The third kappa shape index (κ3) is 2.60. The molecule has 3 N–H and O–H groups in total. The number of carbonyl (C=O) groups excluding carboxylic acids is 1. The number of furan rings is 1. The van der Waals surface area contributed by atoms with Crippen molar-refractivity contribution in [2.75, 3.05) is 0 Å². The Bertz CT molecular complexity index is 504. The fourth-order valence-electron chi connectivity index (χ4n) is 1.68. The molecular formula is C14H16N2O2. The first-order valence-electron chi connectivity index (χ1n) is 5.76. The summed E-state index contributed by atoms with van der Waals surface area (Å²) in [6.45, 7) is 2.03. The highest BCUT2D eigenvalue weighted by atomic mass is 16.3. The number of nitrogens with two attached hydrogens (primary N) is 1. The van der Waals surface area contributed by atoms with E-state index in [-0.39, 0.29) is 5.91 Å². The third-order valence-electron chi connectivity index (χ3n) is 2.85. The lowest BCUT2D eigenvalue weighted by Crippen LogP contribution is -2.48. The van der Waals surface area contributed by atoms with Gasteiger partial charge < -0.3 is 15.5 Å². The molecule has 4 heteroatoms. The number of carbonyl (C=O) groups is 1. The van der Waals surface area contributed by atoms with Gasteiger partial charge in [0.2, 0.25) is 5.91 Å². The molecule has 1 aromatic carbocycles. The second kappa shape index (κ2) is 5.06. The number of rotatable bonds is 4. The first-order chi connectivity index (χ1) is 8.60. The summed E-state index contributed by atoms with van der Waals surface area (Å²) in [5.41, 5.74) is 5.81. The Hall–Kier alpha value is -2.07. The van der Waals surface area contributed by atoms with Crippen molar-refractivity contribution in [3.05, 3.63) is 60.1 Å². The zero-order valence-electron chi connectivity index (χ0n) is 10.2. The van der Waals surface area contributed by atoms with E-state index in [1.165, 1.54) is 0 Å². The smallest absolute Gasteiger partial charge is 0.244 e. The summed E-state index contributed by atoms with van der Waals surface area (Å²) in [6, 6.07) is 12.9. The van der Waals surface area contributed by atoms with Crippen molar-refractivity contribution in [1.82, 2.24) is 5.32 Å². The van der Waals surface area contributed by atoms with Crippen molar-refractivity contribution in [2.24, 2.45) is 5.73 Å². The van der Waals surface area contributed by atoms with Gasteiger partial charge in [0, 0.05) is 0 Å². The van der Waals surface area contributed by atoms with Gasteiger partial charge in [0.15, 0.2) is 0 Å². The Morgan fingerprint density at radius 3 is 2.61 bits per heavy atom. The van der Waals surface area contributed by atoms with E-state index in [1.54, 1.807) is 25.3 Å². The molecule has 0 aliphatic rings. The minimum atomic E-state index is -1.05. The van der Waals surface area contributed by atoms with E-state index in [2.05, 4.69) is 5.32 Å². The fraction of sp³-hybridized carbons (Fsp3) is 0.214. The molecule has 2 rings (SSSR count). The Kier molecular flexibility index (Phi) is 3.48. The lowest BCUT2D eigenvalue weighted by atomic mass is 9.92. The molecule has 0 saturated carbocycles. The van der Waals surface area contributed by atoms with Crippen molar-refractivity contribution in [3.63, 3.8) is 0 Å². The summed E-state index contributed by atoms with van der Waals surface area (Å²) in [4.78, 5) is 12.1. The Morgan fingerprint density at radius 2 is 2.00 bits per heavy atom. The number of benzene rings is 1. The maximum Gasteiger partial charge on any atom is 0.244 e. The molecule has 0 spiro atoms. The topological polar surface area (TPSA) is 68.3 Å². The quantitative estimate of drug-likeness (QED) is 0.861. The van der Waals surface area contributed by atoms with Crippen molar-refractivity contribution >= 4 is 5.91 Å². The van der Waals surface area contributed by atoms with Gasteiger partial charge in [0.25, 0.3) is 0 Å². The van der Waals surface area contributed by atoms with E-state index >= 15 is 0 Å². The first-order valence-corrected chi connectivity index (χ1v) is 5.76. The van der Waals surface area contributed by atoms with Crippen molar-refractivity contribution in [2.45, 2.75) is 19.0 Å². The van der Waals surface area contributed by atoms with Gasteiger partial charge in [0.05, 0.1) is 12.8 Å². The monoisotopic (exact) mass is 244 g/mol. The van der Waals surface area contributed by atoms with Crippen LogP contribution in [0.5, 0.6) is 0 Å². The van der Waals surface area contributed by atoms with Crippen LogP contribution in [0.3, 0.4) is 0 Å². The number of nitrogens with one attached hydrogen (secondary N) is 1. The van der Waals surface area contributed by atoms with E-state index in [0.717, 1.165) is 5.56 Å². The summed E-state index contributed by atoms with van der Waals surface area (Å²) >= 11 is 0. The maximum atomic E-state index is 12.1. The highest BCUT2D eigenvalue weighted by molar-refractivity contribution is 5.86. The minimum Gasteiger partial charge on any atom is -0.467 e. The SMILES string of the molecule is CC(N)(C(=O)NCc1ccco1)c1ccccc1. The molecule has 0 aliphatic carbocycles. The van der Waals surface area contributed by atoms with Crippen LogP contribution < -0.4 is 11.1 Å². The normalized spacial score (nSPS) is 13.9. The first kappa shape index (κ1) is 12.4. The van der Waals surface area contributed by atoms with Crippen LogP contribution in [0.25, 0.3) is 0 Å². The standard InChI is InChI=1S/C14H16N2O2/c1-14(15,11-6-3-2-4-7-11)13(17)16-10-12-8-5-9-18-12/h2-9H,10,15H2,1H3,(H,16,17). The molecule has 2 aromatic rings. The average molecular weight is 244 g/mol. The molecule has 18 heavy (non-hydrogen) atoms. The van der Waals surface area contributed by atoms with Crippen molar-refractivity contribution in [1.29, 1.82) is 0 Å². The maximum absolute atomic E-state index is 12.1. The van der Waals surface area contributed by atoms with E-state index in [1.807, 2.05) is 30.3 Å². The van der Waals surface area contributed by atoms with Gasteiger partial charge in [-0.15, -0.1) is 0 Å². The minimum absolute atomic E-state index is 0.231.